The van der Waals surface area contributed by atoms with Crippen molar-refractivity contribution in [2.75, 3.05) is 19.6 Å². The summed E-state index contributed by atoms with van der Waals surface area (Å²) in [7, 11) is 0. The van der Waals surface area contributed by atoms with Crippen LogP contribution in [0.2, 0.25) is 0 Å². The average molecular weight is 241 g/mol. The van der Waals surface area contributed by atoms with Gasteiger partial charge in [-0.2, -0.15) is 0 Å². The van der Waals surface area contributed by atoms with Crippen LogP contribution < -0.4 is 0 Å². The molecule has 0 aromatic rings. The van der Waals surface area contributed by atoms with Gasteiger partial charge in [-0.15, -0.1) is 0 Å². The van der Waals surface area contributed by atoms with Gasteiger partial charge in [0.1, 0.15) is 0 Å². The third-order valence-electron chi connectivity index (χ3n) is 3.80. The molecule has 0 radical (unpaired) electrons. The van der Waals surface area contributed by atoms with E-state index >= 15 is 0 Å². The Balaban J connectivity index is 2.22. The van der Waals surface area contributed by atoms with Gasteiger partial charge in [-0.05, 0) is 59.2 Å². The van der Waals surface area contributed by atoms with Gasteiger partial charge in [0.15, 0.2) is 0 Å². The molecule has 0 aliphatic carbocycles. The van der Waals surface area contributed by atoms with E-state index in [0.717, 1.165) is 19.4 Å². The minimum atomic E-state index is -0.676. The standard InChI is InChI=1S/C14H27NO2/c1-14(2,13(16)17)9-8-12-15-10-6-4-3-5-7-11-15/h3-12H2,1-2H3,(H,16,17). The molecule has 1 aliphatic rings. The van der Waals surface area contributed by atoms with Crippen LogP contribution in [0.1, 0.15) is 58.8 Å². The molecule has 0 atom stereocenters. The Bertz CT molecular complexity index is 230. The summed E-state index contributed by atoms with van der Waals surface area (Å²) < 4.78 is 0. The molecule has 1 N–H and O–H groups in total. The maximum atomic E-state index is 11.0. The third-order valence-corrected chi connectivity index (χ3v) is 3.80. The minimum absolute atomic E-state index is 0.567. The fraction of sp³-hybridized carbons (Fsp3) is 0.929. The van der Waals surface area contributed by atoms with Gasteiger partial charge in [-0.25, -0.2) is 0 Å². The molecule has 17 heavy (non-hydrogen) atoms. The van der Waals surface area contributed by atoms with Crippen LogP contribution in [-0.2, 0) is 4.79 Å². The van der Waals surface area contributed by atoms with Crippen molar-refractivity contribution in [1.29, 1.82) is 0 Å². The van der Waals surface area contributed by atoms with Crippen LogP contribution in [0.5, 0.6) is 0 Å². The van der Waals surface area contributed by atoms with E-state index < -0.39 is 11.4 Å². The molecule has 3 heteroatoms. The molecule has 1 saturated heterocycles. The van der Waals surface area contributed by atoms with Crippen molar-refractivity contribution in [2.45, 2.75) is 58.8 Å². The van der Waals surface area contributed by atoms with E-state index in [0.29, 0.717) is 0 Å². The Labute approximate surface area is 105 Å². The van der Waals surface area contributed by atoms with Crippen molar-refractivity contribution in [1.82, 2.24) is 4.90 Å². The summed E-state index contributed by atoms with van der Waals surface area (Å²) in [6, 6.07) is 0. The second-order valence-electron chi connectivity index (χ2n) is 5.90. The van der Waals surface area contributed by atoms with Gasteiger partial charge < -0.3 is 10.0 Å². The van der Waals surface area contributed by atoms with Crippen molar-refractivity contribution < 1.29 is 9.90 Å². The van der Waals surface area contributed by atoms with E-state index in [4.69, 9.17) is 5.11 Å². The van der Waals surface area contributed by atoms with Gasteiger partial charge >= 0.3 is 5.97 Å². The van der Waals surface area contributed by atoms with Crippen LogP contribution in [0.15, 0.2) is 0 Å². The molecule has 0 unspecified atom stereocenters. The zero-order valence-corrected chi connectivity index (χ0v) is 11.4. The molecule has 3 nitrogen and oxygen atoms in total. The zero-order valence-electron chi connectivity index (χ0n) is 11.4. The number of rotatable bonds is 5. The normalized spacial score (nSPS) is 19.6. The molecule has 1 heterocycles. The smallest absolute Gasteiger partial charge is 0.309 e. The average Bonchev–Trinajstić information content (AvgIpc) is 2.20. The highest BCUT2D eigenvalue weighted by atomic mass is 16.4. The number of carbonyl (C=O) groups is 1. The summed E-state index contributed by atoms with van der Waals surface area (Å²) in [4.78, 5) is 13.5. The zero-order chi connectivity index (χ0) is 12.7. The summed E-state index contributed by atoms with van der Waals surface area (Å²) in [6.07, 6.45) is 8.50. The fourth-order valence-corrected chi connectivity index (χ4v) is 2.39. The lowest BCUT2D eigenvalue weighted by atomic mass is 9.88. The molecule has 1 rings (SSSR count). The highest BCUT2D eigenvalue weighted by Crippen LogP contribution is 2.22. The van der Waals surface area contributed by atoms with Gasteiger partial charge in [-0.3, -0.25) is 4.79 Å². The Kier molecular flexibility index (Phi) is 5.96. The number of hydrogen-bond acceptors (Lipinski definition) is 2. The van der Waals surface area contributed by atoms with Crippen LogP contribution in [0.4, 0.5) is 0 Å². The first kappa shape index (κ1) is 14.5. The molecule has 0 bridgehead atoms. The van der Waals surface area contributed by atoms with Crippen molar-refractivity contribution in [3.8, 4) is 0 Å². The number of carboxylic acid groups (broad SMARTS) is 1. The molecule has 100 valence electrons. The SMILES string of the molecule is CC(C)(CCCN1CCCCCCC1)C(=O)O. The van der Waals surface area contributed by atoms with Gasteiger partial charge in [0, 0.05) is 0 Å². The summed E-state index contributed by atoms with van der Waals surface area (Å²) in [5.41, 5.74) is -0.567. The van der Waals surface area contributed by atoms with Crippen molar-refractivity contribution in [2.24, 2.45) is 5.41 Å². The Morgan fingerprint density at radius 2 is 1.65 bits per heavy atom. The predicted octanol–water partition coefficient (Wildman–Crippen LogP) is 3.14. The Morgan fingerprint density at radius 1 is 1.12 bits per heavy atom. The van der Waals surface area contributed by atoms with Crippen LogP contribution in [0.3, 0.4) is 0 Å². The molecule has 0 saturated carbocycles. The predicted molar refractivity (Wildman–Crippen MR) is 70.2 cm³/mol. The Morgan fingerprint density at radius 3 is 2.18 bits per heavy atom. The highest BCUT2D eigenvalue weighted by Gasteiger charge is 2.26. The van der Waals surface area contributed by atoms with Crippen LogP contribution >= 0.6 is 0 Å². The summed E-state index contributed by atoms with van der Waals surface area (Å²) in [6.45, 7) is 7.11. The summed E-state index contributed by atoms with van der Waals surface area (Å²) in [5.74, 6) is -0.676. The minimum Gasteiger partial charge on any atom is -0.481 e. The van der Waals surface area contributed by atoms with Crippen molar-refractivity contribution in [3.63, 3.8) is 0 Å². The van der Waals surface area contributed by atoms with E-state index in [1.807, 2.05) is 13.8 Å². The van der Waals surface area contributed by atoms with Crippen LogP contribution in [0.25, 0.3) is 0 Å². The highest BCUT2D eigenvalue weighted by molar-refractivity contribution is 5.73. The second-order valence-corrected chi connectivity index (χ2v) is 5.90. The lowest BCUT2D eigenvalue weighted by Gasteiger charge is -2.26. The molecule has 1 aliphatic heterocycles. The number of carboxylic acids is 1. The topological polar surface area (TPSA) is 40.5 Å². The molecule has 0 spiro atoms. The van der Waals surface area contributed by atoms with E-state index in [9.17, 15) is 4.79 Å². The molecule has 0 amide bonds. The first-order chi connectivity index (χ1) is 8.02. The molecule has 0 aromatic heterocycles. The molecule has 1 fully saturated rings. The third kappa shape index (κ3) is 5.53. The number of likely N-dealkylation sites (tertiary alicyclic amines) is 1. The van der Waals surface area contributed by atoms with Gasteiger partial charge in [0.25, 0.3) is 0 Å². The molecular formula is C14H27NO2. The lowest BCUT2D eigenvalue weighted by Crippen LogP contribution is -2.30. The molecule has 0 aromatic carbocycles. The fourth-order valence-electron chi connectivity index (χ4n) is 2.39. The monoisotopic (exact) mass is 241 g/mol. The largest absolute Gasteiger partial charge is 0.481 e. The second kappa shape index (κ2) is 7.00. The Hall–Kier alpha value is -0.570. The molecular weight excluding hydrogens is 214 g/mol. The maximum Gasteiger partial charge on any atom is 0.309 e. The van der Waals surface area contributed by atoms with Crippen molar-refractivity contribution >= 4 is 5.97 Å². The number of hydrogen-bond donors (Lipinski definition) is 1. The van der Waals surface area contributed by atoms with Gasteiger partial charge in [-0.1, -0.05) is 19.3 Å². The lowest BCUT2D eigenvalue weighted by molar-refractivity contribution is -0.147. The van der Waals surface area contributed by atoms with E-state index in [2.05, 4.69) is 4.90 Å². The quantitative estimate of drug-likeness (QED) is 0.804. The van der Waals surface area contributed by atoms with E-state index in [1.54, 1.807) is 0 Å². The maximum absolute atomic E-state index is 11.0. The number of aliphatic carboxylic acids is 1. The summed E-state index contributed by atoms with van der Waals surface area (Å²) in [5, 5.41) is 9.05. The number of nitrogens with zero attached hydrogens (tertiary/aromatic N) is 1. The van der Waals surface area contributed by atoms with Crippen LogP contribution in [-0.4, -0.2) is 35.6 Å². The first-order valence-electron chi connectivity index (χ1n) is 6.98. The van der Waals surface area contributed by atoms with E-state index in [1.165, 1.54) is 45.2 Å². The van der Waals surface area contributed by atoms with Crippen LogP contribution in [0, 0.1) is 5.41 Å². The van der Waals surface area contributed by atoms with Gasteiger partial charge in [0.05, 0.1) is 5.41 Å². The van der Waals surface area contributed by atoms with E-state index in [-0.39, 0.29) is 0 Å². The van der Waals surface area contributed by atoms with Crippen molar-refractivity contribution in [3.05, 3.63) is 0 Å². The first-order valence-corrected chi connectivity index (χ1v) is 6.98. The van der Waals surface area contributed by atoms with Gasteiger partial charge in [0.2, 0.25) is 0 Å². The summed E-state index contributed by atoms with van der Waals surface area (Å²) >= 11 is 0.